The van der Waals surface area contributed by atoms with Crippen molar-refractivity contribution in [2.75, 3.05) is 13.6 Å². The molecule has 0 saturated carbocycles. The van der Waals surface area contributed by atoms with Crippen LogP contribution >= 0.6 is 0 Å². The van der Waals surface area contributed by atoms with Gasteiger partial charge in [0.2, 0.25) is 5.91 Å². The SMILES string of the molecule is CC(=O)NCc1ccccc1-c1ccc(C2OC(CN(C)Cc3ccccc3)CC(c3ccc(CO)cc3)O2)cc1. The quantitative estimate of drug-likeness (QED) is 0.248. The number of amides is 1. The predicted octanol–water partition coefficient (Wildman–Crippen LogP) is 6.16. The molecule has 1 amide bonds. The molecule has 41 heavy (non-hydrogen) atoms. The summed E-state index contributed by atoms with van der Waals surface area (Å²) in [5.74, 6) is -0.0498. The summed E-state index contributed by atoms with van der Waals surface area (Å²) < 4.78 is 13.1. The van der Waals surface area contributed by atoms with Crippen molar-refractivity contribution < 1.29 is 19.4 Å². The highest BCUT2D eigenvalue weighted by Gasteiger charge is 2.32. The van der Waals surface area contributed by atoms with Crippen LogP contribution in [0.15, 0.2) is 103 Å². The van der Waals surface area contributed by atoms with Crippen molar-refractivity contribution in [2.45, 2.75) is 51.5 Å². The van der Waals surface area contributed by atoms with Crippen molar-refractivity contribution in [3.8, 4) is 11.1 Å². The van der Waals surface area contributed by atoms with Gasteiger partial charge in [-0.05, 0) is 40.4 Å². The highest BCUT2D eigenvalue weighted by Crippen LogP contribution is 2.39. The number of aliphatic hydroxyl groups is 1. The van der Waals surface area contributed by atoms with Crippen LogP contribution in [0, 0.1) is 0 Å². The van der Waals surface area contributed by atoms with Crippen LogP contribution in [0.1, 0.15) is 53.6 Å². The molecule has 5 rings (SSSR count). The molecule has 6 heteroatoms. The number of nitrogens with zero attached hydrogens (tertiary/aromatic N) is 1. The van der Waals surface area contributed by atoms with Crippen LogP contribution in [0.5, 0.6) is 0 Å². The fourth-order valence-electron chi connectivity index (χ4n) is 5.34. The molecule has 1 saturated heterocycles. The smallest absolute Gasteiger partial charge is 0.217 e. The molecule has 1 aliphatic heterocycles. The molecule has 1 heterocycles. The molecular formula is C35H38N2O4. The number of carbonyl (C=O) groups excluding carboxylic acids is 1. The highest BCUT2D eigenvalue weighted by atomic mass is 16.7. The third kappa shape index (κ3) is 7.69. The fourth-order valence-corrected chi connectivity index (χ4v) is 5.34. The minimum atomic E-state index is -0.509. The van der Waals surface area contributed by atoms with E-state index in [0.717, 1.165) is 52.9 Å². The van der Waals surface area contributed by atoms with Crippen LogP contribution in [-0.4, -0.2) is 35.6 Å². The Hall–Kier alpha value is -3.81. The van der Waals surface area contributed by atoms with Gasteiger partial charge in [0, 0.05) is 38.5 Å². The van der Waals surface area contributed by atoms with E-state index in [1.54, 1.807) is 0 Å². The van der Waals surface area contributed by atoms with Crippen LogP contribution in [0.3, 0.4) is 0 Å². The van der Waals surface area contributed by atoms with Gasteiger partial charge in [-0.2, -0.15) is 0 Å². The van der Waals surface area contributed by atoms with E-state index in [9.17, 15) is 9.90 Å². The molecule has 0 aliphatic carbocycles. The van der Waals surface area contributed by atoms with E-state index >= 15 is 0 Å². The first-order valence-corrected chi connectivity index (χ1v) is 14.1. The van der Waals surface area contributed by atoms with E-state index in [0.29, 0.717) is 6.54 Å². The highest BCUT2D eigenvalue weighted by molar-refractivity contribution is 5.74. The lowest BCUT2D eigenvalue weighted by molar-refractivity contribution is -0.252. The van der Waals surface area contributed by atoms with Gasteiger partial charge in [0.05, 0.1) is 18.8 Å². The number of carbonyl (C=O) groups is 1. The van der Waals surface area contributed by atoms with Crippen LogP contribution in [-0.2, 0) is 34.0 Å². The maximum atomic E-state index is 11.5. The van der Waals surface area contributed by atoms with Crippen LogP contribution in [0.2, 0.25) is 0 Å². The van der Waals surface area contributed by atoms with Gasteiger partial charge in [-0.3, -0.25) is 9.69 Å². The van der Waals surface area contributed by atoms with Crippen LogP contribution in [0.25, 0.3) is 11.1 Å². The van der Waals surface area contributed by atoms with Crippen LogP contribution < -0.4 is 5.32 Å². The van der Waals surface area contributed by atoms with Gasteiger partial charge in [0.1, 0.15) is 0 Å². The number of ether oxygens (including phenoxy) is 2. The summed E-state index contributed by atoms with van der Waals surface area (Å²) in [6.45, 7) is 3.65. The number of nitrogens with one attached hydrogen (secondary N) is 1. The maximum Gasteiger partial charge on any atom is 0.217 e. The molecule has 212 valence electrons. The summed E-state index contributed by atoms with van der Waals surface area (Å²) >= 11 is 0. The molecule has 4 aromatic carbocycles. The lowest BCUT2D eigenvalue weighted by atomic mass is 9.97. The Balaban J connectivity index is 1.35. The van der Waals surface area contributed by atoms with E-state index in [2.05, 4.69) is 71.9 Å². The minimum Gasteiger partial charge on any atom is -0.392 e. The Morgan fingerprint density at radius 1 is 0.854 bits per heavy atom. The van der Waals surface area contributed by atoms with Gasteiger partial charge in [-0.1, -0.05) is 103 Å². The number of benzene rings is 4. The van der Waals surface area contributed by atoms with Gasteiger partial charge < -0.3 is 19.9 Å². The second-order valence-electron chi connectivity index (χ2n) is 10.7. The number of aliphatic hydroxyl groups excluding tert-OH is 1. The summed E-state index contributed by atoms with van der Waals surface area (Å²) in [5, 5.41) is 12.4. The normalized spacial score (nSPS) is 18.8. The van der Waals surface area contributed by atoms with E-state index < -0.39 is 6.29 Å². The molecule has 3 unspecified atom stereocenters. The van der Waals surface area contributed by atoms with Gasteiger partial charge in [0.15, 0.2) is 6.29 Å². The minimum absolute atomic E-state index is 0.0186. The van der Waals surface area contributed by atoms with Gasteiger partial charge in [0.25, 0.3) is 0 Å². The van der Waals surface area contributed by atoms with Gasteiger partial charge in [-0.15, -0.1) is 0 Å². The standard InChI is InChI=1S/C35H38N2O4/c1-25(39)36-21-31-10-6-7-11-33(31)28-16-18-30(19-17-28)35-40-32(23-37(2)22-26-8-4-3-5-9-26)20-34(41-35)29-14-12-27(24-38)13-15-29/h3-19,32,34-35,38H,20-24H2,1-2H3,(H,36,39). The van der Waals surface area contributed by atoms with Crippen LogP contribution in [0.4, 0.5) is 0 Å². The monoisotopic (exact) mass is 550 g/mol. The average Bonchev–Trinajstić information content (AvgIpc) is 3.00. The van der Waals surface area contributed by atoms with E-state index in [1.165, 1.54) is 12.5 Å². The Morgan fingerprint density at radius 2 is 1.54 bits per heavy atom. The van der Waals surface area contributed by atoms with E-state index in [4.69, 9.17) is 9.47 Å². The molecule has 2 N–H and O–H groups in total. The summed E-state index contributed by atoms with van der Waals surface area (Å²) in [6.07, 6.45) is 0.0747. The molecule has 1 fully saturated rings. The van der Waals surface area contributed by atoms with Crippen molar-refractivity contribution in [3.63, 3.8) is 0 Å². The lowest BCUT2D eigenvalue weighted by Gasteiger charge is -2.38. The summed E-state index contributed by atoms with van der Waals surface area (Å²) in [6, 6.07) is 34.9. The Kier molecular flexibility index (Phi) is 9.59. The molecular weight excluding hydrogens is 512 g/mol. The van der Waals surface area contributed by atoms with Crippen molar-refractivity contribution >= 4 is 5.91 Å². The number of hydrogen-bond acceptors (Lipinski definition) is 5. The van der Waals surface area contributed by atoms with Crippen molar-refractivity contribution in [1.82, 2.24) is 10.2 Å². The van der Waals surface area contributed by atoms with Gasteiger partial charge >= 0.3 is 0 Å². The largest absolute Gasteiger partial charge is 0.392 e. The molecule has 0 aromatic heterocycles. The molecule has 0 spiro atoms. The summed E-state index contributed by atoms with van der Waals surface area (Å²) in [5.41, 5.74) is 7.40. The predicted molar refractivity (Wildman–Crippen MR) is 161 cm³/mol. The third-order valence-corrected chi connectivity index (χ3v) is 7.46. The van der Waals surface area contributed by atoms with Gasteiger partial charge in [-0.25, -0.2) is 0 Å². The zero-order valence-corrected chi connectivity index (χ0v) is 23.7. The first kappa shape index (κ1) is 28.7. The van der Waals surface area contributed by atoms with E-state index in [1.807, 2.05) is 48.5 Å². The zero-order valence-electron chi connectivity index (χ0n) is 23.7. The topological polar surface area (TPSA) is 71.0 Å². The third-order valence-electron chi connectivity index (χ3n) is 7.46. The molecule has 6 nitrogen and oxygen atoms in total. The molecule has 0 radical (unpaired) electrons. The molecule has 3 atom stereocenters. The van der Waals surface area contributed by atoms with Crippen molar-refractivity contribution in [1.29, 1.82) is 0 Å². The van der Waals surface area contributed by atoms with Crippen molar-refractivity contribution in [2.24, 2.45) is 0 Å². The fraction of sp³-hybridized carbons (Fsp3) is 0.286. The second-order valence-corrected chi connectivity index (χ2v) is 10.7. The Morgan fingerprint density at radius 3 is 2.24 bits per heavy atom. The maximum absolute atomic E-state index is 11.5. The lowest BCUT2D eigenvalue weighted by Crippen LogP contribution is -2.37. The first-order chi connectivity index (χ1) is 20.0. The number of hydrogen-bond donors (Lipinski definition) is 2. The molecule has 1 aliphatic rings. The second kappa shape index (κ2) is 13.7. The van der Waals surface area contributed by atoms with E-state index in [-0.39, 0.29) is 24.7 Å². The summed E-state index contributed by atoms with van der Waals surface area (Å²) in [7, 11) is 2.12. The molecule has 4 aromatic rings. The van der Waals surface area contributed by atoms with Crippen molar-refractivity contribution in [3.05, 3.63) is 131 Å². The first-order valence-electron chi connectivity index (χ1n) is 14.1. The Labute approximate surface area is 242 Å². The number of rotatable bonds is 10. The molecule has 0 bridgehead atoms. The number of likely N-dealkylation sites (N-methyl/N-ethyl adjacent to an activating group) is 1. The Bertz CT molecular complexity index is 1410. The zero-order chi connectivity index (χ0) is 28.6. The summed E-state index contributed by atoms with van der Waals surface area (Å²) in [4.78, 5) is 13.8. The average molecular weight is 551 g/mol.